The molecule has 0 radical (unpaired) electrons. The molecule has 0 aliphatic rings. The summed E-state index contributed by atoms with van der Waals surface area (Å²) in [4.78, 5) is 5.59. The van der Waals surface area contributed by atoms with Gasteiger partial charge in [-0.2, -0.15) is 0 Å². The Morgan fingerprint density at radius 2 is 2.28 bits per heavy atom. The van der Waals surface area contributed by atoms with E-state index >= 15 is 0 Å². The number of hydrogen-bond acceptors (Lipinski definition) is 3. The molecule has 0 unspecified atom stereocenters. The summed E-state index contributed by atoms with van der Waals surface area (Å²) >= 11 is 5.22. The van der Waals surface area contributed by atoms with Gasteiger partial charge in [0.05, 0.1) is 0 Å². The molecule has 0 bridgehead atoms. The number of nitrogens with one attached hydrogen (secondary N) is 1. The van der Waals surface area contributed by atoms with E-state index in [1.165, 1.54) is 10.5 Å². The van der Waals surface area contributed by atoms with Crippen LogP contribution in [0.5, 0.6) is 0 Å². The third-order valence-corrected chi connectivity index (χ3v) is 4.24. The van der Waals surface area contributed by atoms with Gasteiger partial charge in [0.15, 0.2) is 5.16 Å². The Hall–Kier alpha value is -0.780. The number of rotatable bonds is 5. The molecule has 1 N–H and O–H groups in total. The van der Waals surface area contributed by atoms with Crippen LogP contribution >= 0.6 is 27.7 Å². The van der Waals surface area contributed by atoms with Crippen LogP contribution in [0.3, 0.4) is 0 Å². The van der Waals surface area contributed by atoms with Gasteiger partial charge in [0, 0.05) is 35.4 Å². The molecule has 18 heavy (non-hydrogen) atoms. The second kappa shape index (κ2) is 6.41. The highest BCUT2D eigenvalue weighted by Crippen LogP contribution is 2.31. The molecule has 96 valence electrons. The van der Waals surface area contributed by atoms with Gasteiger partial charge in [-0.1, -0.05) is 40.7 Å². The first-order chi connectivity index (χ1) is 8.70. The van der Waals surface area contributed by atoms with Crippen LogP contribution < -0.4 is 5.32 Å². The van der Waals surface area contributed by atoms with Crippen molar-refractivity contribution >= 4 is 27.7 Å². The predicted molar refractivity (Wildman–Crippen MR) is 78.9 cm³/mol. The van der Waals surface area contributed by atoms with Crippen molar-refractivity contribution in [2.45, 2.75) is 23.5 Å². The van der Waals surface area contributed by atoms with E-state index in [2.05, 4.69) is 51.4 Å². The largest absolute Gasteiger partial charge is 0.329 e. The van der Waals surface area contributed by atoms with Crippen molar-refractivity contribution in [3.8, 4) is 0 Å². The SMILES string of the molecule is CCNCc1ccc(Br)cc1Sc1nccn1C. The van der Waals surface area contributed by atoms with E-state index in [1.807, 2.05) is 24.0 Å². The average molecular weight is 326 g/mol. The smallest absolute Gasteiger partial charge is 0.172 e. The lowest BCUT2D eigenvalue weighted by Gasteiger charge is -2.10. The van der Waals surface area contributed by atoms with Gasteiger partial charge < -0.3 is 9.88 Å². The Morgan fingerprint density at radius 1 is 1.44 bits per heavy atom. The maximum Gasteiger partial charge on any atom is 0.172 e. The molecule has 0 spiro atoms. The van der Waals surface area contributed by atoms with Gasteiger partial charge in [0.2, 0.25) is 0 Å². The molecule has 0 amide bonds. The fourth-order valence-corrected chi connectivity index (χ4v) is 3.06. The molecule has 0 aliphatic carbocycles. The molecule has 5 heteroatoms. The van der Waals surface area contributed by atoms with Crippen LogP contribution in [0.15, 0.2) is 45.1 Å². The molecule has 0 saturated heterocycles. The summed E-state index contributed by atoms with van der Waals surface area (Å²) in [5, 5.41) is 4.37. The molecular formula is C13H16BrN3S. The van der Waals surface area contributed by atoms with Crippen LogP contribution in [0.4, 0.5) is 0 Å². The lowest BCUT2D eigenvalue weighted by Crippen LogP contribution is -2.12. The van der Waals surface area contributed by atoms with E-state index in [-0.39, 0.29) is 0 Å². The number of nitrogens with zero attached hydrogens (tertiary/aromatic N) is 2. The number of imidazole rings is 1. The molecular weight excluding hydrogens is 310 g/mol. The first-order valence-corrected chi connectivity index (χ1v) is 7.46. The van der Waals surface area contributed by atoms with Gasteiger partial charge in [-0.15, -0.1) is 0 Å². The van der Waals surface area contributed by atoms with Crippen molar-refractivity contribution in [3.63, 3.8) is 0 Å². The van der Waals surface area contributed by atoms with Crippen LogP contribution in [-0.2, 0) is 13.6 Å². The second-order valence-corrected chi connectivity index (χ2v) is 5.88. The van der Waals surface area contributed by atoms with Crippen molar-refractivity contribution < 1.29 is 0 Å². The molecule has 2 rings (SSSR count). The maximum absolute atomic E-state index is 4.35. The minimum atomic E-state index is 0.885. The molecule has 0 atom stereocenters. The van der Waals surface area contributed by atoms with Gasteiger partial charge in [-0.3, -0.25) is 0 Å². The Morgan fingerprint density at radius 3 is 2.94 bits per heavy atom. The minimum Gasteiger partial charge on any atom is -0.329 e. The molecule has 1 heterocycles. The number of benzene rings is 1. The molecule has 0 aliphatic heterocycles. The Bertz CT molecular complexity index is 525. The summed E-state index contributed by atoms with van der Waals surface area (Å²) in [5.41, 5.74) is 1.30. The first-order valence-electron chi connectivity index (χ1n) is 5.85. The van der Waals surface area contributed by atoms with Gasteiger partial charge >= 0.3 is 0 Å². The summed E-state index contributed by atoms with van der Waals surface area (Å²) in [6.45, 7) is 3.98. The molecule has 1 aromatic heterocycles. The number of aryl methyl sites for hydroxylation is 1. The Kier molecular flexibility index (Phi) is 4.86. The zero-order valence-corrected chi connectivity index (χ0v) is 12.9. The maximum atomic E-state index is 4.35. The standard InChI is InChI=1S/C13H16BrN3S/c1-3-15-9-10-4-5-11(14)8-12(10)18-13-16-6-7-17(13)2/h4-8,15H,3,9H2,1-2H3. The topological polar surface area (TPSA) is 29.9 Å². The van der Waals surface area contributed by atoms with Crippen molar-refractivity contribution in [2.75, 3.05) is 6.54 Å². The Labute approximate surface area is 120 Å². The van der Waals surface area contributed by atoms with E-state index in [0.717, 1.165) is 22.7 Å². The van der Waals surface area contributed by atoms with E-state index in [1.54, 1.807) is 11.8 Å². The highest BCUT2D eigenvalue weighted by Gasteiger charge is 2.08. The van der Waals surface area contributed by atoms with E-state index in [9.17, 15) is 0 Å². The first kappa shape index (κ1) is 13.6. The summed E-state index contributed by atoms with van der Waals surface area (Å²) in [7, 11) is 2.01. The summed E-state index contributed by atoms with van der Waals surface area (Å²) in [5.74, 6) is 0. The normalized spacial score (nSPS) is 10.8. The minimum absolute atomic E-state index is 0.885. The monoisotopic (exact) mass is 325 g/mol. The van der Waals surface area contributed by atoms with Crippen LogP contribution in [0.1, 0.15) is 12.5 Å². The molecule has 2 aromatic rings. The molecule has 1 aromatic carbocycles. The molecule has 0 fully saturated rings. The highest BCUT2D eigenvalue weighted by atomic mass is 79.9. The van der Waals surface area contributed by atoms with Crippen molar-refractivity contribution in [1.29, 1.82) is 0 Å². The van der Waals surface area contributed by atoms with E-state index < -0.39 is 0 Å². The lowest BCUT2D eigenvalue weighted by molar-refractivity contribution is 0.717. The summed E-state index contributed by atoms with van der Waals surface area (Å²) in [6.07, 6.45) is 3.79. The number of aromatic nitrogens is 2. The predicted octanol–water partition coefficient (Wildman–Crippen LogP) is 3.44. The van der Waals surface area contributed by atoms with Gasteiger partial charge in [-0.25, -0.2) is 4.98 Å². The van der Waals surface area contributed by atoms with Crippen LogP contribution in [0.25, 0.3) is 0 Å². The molecule has 0 saturated carbocycles. The van der Waals surface area contributed by atoms with Gasteiger partial charge in [-0.05, 0) is 24.2 Å². The van der Waals surface area contributed by atoms with Gasteiger partial charge in [0.25, 0.3) is 0 Å². The van der Waals surface area contributed by atoms with E-state index in [0.29, 0.717) is 0 Å². The number of halogens is 1. The van der Waals surface area contributed by atoms with Gasteiger partial charge in [0.1, 0.15) is 0 Å². The fraction of sp³-hybridized carbons (Fsp3) is 0.308. The van der Waals surface area contributed by atoms with Crippen LogP contribution in [0, 0.1) is 0 Å². The third-order valence-electron chi connectivity index (χ3n) is 2.57. The fourth-order valence-electron chi connectivity index (χ4n) is 1.58. The third kappa shape index (κ3) is 3.37. The quantitative estimate of drug-likeness (QED) is 0.913. The van der Waals surface area contributed by atoms with Crippen LogP contribution in [0.2, 0.25) is 0 Å². The van der Waals surface area contributed by atoms with Crippen molar-refractivity contribution in [2.24, 2.45) is 7.05 Å². The highest BCUT2D eigenvalue weighted by molar-refractivity contribution is 9.10. The Balaban J connectivity index is 2.24. The summed E-state index contributed by atoms with van der Waals surface area (Å²) in [6, 6.07) is 6.37. The van der Waals surface area contributed by atoms with Crippen LogP contribution in [-0.4, -0.2) is 16.1 Å². The molecule has 3 nitrogen and oxygen atoms in total. The number of hydrogen-bond donors (Lipinski definition) is 1. The van der Waals surface area contributed by atoms with Crippen molar-refractivity contribution in [3.05, 3.63) is 40.6 Å². The zero-order valence-electron chi connectivity index (χ0n) is 10.5. The lowest BCUT2D eigenvalue weighted by atomic mass is 10.2. The van der Waals surface area contributed by atoms with E-state index in [4.69, 9.17) is 0 Å². The zero-order chi connectivity index (χ0) is 13.0. The average Bonchev–Trinajstić information content (AvgIpc) is 2.74. The second-order valence-electron chi connectivity index (χ2n) is 3.96. The van der Waals surface area contributed by atoms with Crippen molar-refractivity contribution in [1.82, 2.24) is 14.9 Å². The summed E-state index contributed by atoms with van der Waals surface area (Å²) < 4.78 is 3.13.